The maximum Gasteiger partial charge on any atom is 0.522 e. The second-order valence-electron chi connectivity index (χ2n) is 10.2. The summed E-state index contributed by atoms with van der Waals surface area (Å²) < 4.78 is 121. The van der Waals surface area contributed by atoms with E-state index in [9.17, 15) is 49.5 Å². The highest BCUT2D eigenvalue weighted by molar-refractivity contribution is 6.53. The van der Waals surface area contributed by atoms with Crippen LogP contribution in [-0.2, 0) is 26.9 Å². The Balaban J connectivity index is 1.53. The third-order valence-corrected chi connectivity index (χ3v) is 8.33. The van der Waals surface area contributed by atoms with Gasteiger partial charge in [0.25, 0.3) is 5.91 Å². The van der Waals surface area contributed by atoms with Crippen LogP contribution in [0.25, 0.3) is 0 Å². The van der Waals surface area contributed by atoms with E-state index in [1.165, 1.54) is 12.1 Å². The number of nitrogens with one attached hydrogen (secondary N) is 1. The lowest BCUT2D eigenvalue weighted by atomic mass is 10.0. The van der Waals surface area contributed by atoms with Crippen molar-refractivity contribution in [3.63, 3.8) is 0 Å². The molecule has 2 amide bonds. The molecule has 3 aromatic rings. The summed E-state index contributed by atoms with van der Waals surface area (Å²) in [6, 6.07) is 7.04. The molecule has 0 radical (unpaired) electrons. The van der Waals surface area contributed by atoms with Crippen molar-refractivity contribution < 1.29 is 58.6 Å². The third kappa shape index (κ3) is 7.96. The predicted octanol–water partition coefficient (Wildman–Crippen LogP) is 8.23. The normalized spacial score (nSPS) is 17.3. The Bertz CT molecular complexity index is 1750. The van der Waals surface area contributed by atoms with E-state index in [4.69, 9.17) is 34.8 Å². The number of ether oxygens (including phenoxy) is 1. The SMILES string of the molecule is CN(C(=O)c1cc(NC(=O)[C@H]2[C@H](c3ccc(F)c(C(F)(F)F)c3)C2(Cl)Cl)ccc1Cl)c1ccc(F)c(CC(=O)COC(F)(F)F)c1F. The van der Waals surface area contributed by atoms with Crippen molar-refractivity contribution in [1.82, 2.24) is 0 Å². The molecule has 1 aliphatic rings. The van der Waals surface area contributed by atoms with Crippen LogP contribution >= 0.6 is 34.8 Å². The van der Waals surface area contributed by atoms with Crippen molar-refractivity contribution in [3.8, 4) is 0 Å². The molecule has 0 heterocycles. The fourth-order valence-electron chi connectivity index (χ4n) is 4.72. The van der Waals surface area contributed by atoms with E-state index in [1.807, 2.05) is 0 Å². The smallest absolute Gasteiger partial charge is 0.326 e. The van der Waals surface area contributed by atoms with Crippen LogP contribution in [0.2, 0.25) is 5.02 Å². The maximum absolute atomic E-state index is 15.3. The van der Waals surface area contributed by atoms with E-state index in [0.717, 1.165) is 25.2 Å². The van der Waals surface area contributed by atoms with Gasteiger partial charge in [-0.2, -0.15) is 13.2 Å². The number of carbonyl (C=O) groups excluding carboxylic acids is 3. The Morgan fingerprint density at radius 3 is 2.19 bits per heavy atom. The number of carbonyl (C=O) groups is 3. The predicted molar refractivity (Wildman–Crippen MR) is 152 cm³/mol. The molecule has 1 saturated carbocycles. The van der Waals surface area contributed by atoms with E-state index in [-0.39, 0.29) is 21.8 Å². The van der Waals surface area contributed by atoms with Gasteiger partial charge < -0.3 is 10.2 Å². The zero-order chi connectivity index (χ0) is 35.2. The van der Waals surface area contributed by atoms with Gasteiger partial charge in [-0.25, -0.2) is 13.2 Å². The first-order chi connectivity index (χ1) is 21.6. The number of Topliss-reactive ketones (excluding diaryl/α,β-unsaturated/α-hetero) is 1. The second kappa shape index (κ2) is 13.2. The minimum absolute atomic E-state index is 0.0865. The highest BCUT2D eigenvalue weighted by atomic mass is 35.5. The summed E-state index contributed by atoms with van der Waals surface area (Å²) in [6.07, 6.45) is -11.3. The monoisotopic (exact) mass is 734 g/mol. The summed E-state index contributed by atoms with van der Waals surface area (Å²) in [5.41, 5.74) is -3.69. The number of amides is 2. The number of ketones is 1. The van der Waals surface area contributed by atoms with Gasteiger partial charge in [0.2, 0.25) is 5.91 Å². The van der Waals surface area contributed by atoms with Crippen molar-refractivity contribution in [3.05, 3.63) is 93.3 Å². The van der Waals surface area contributed by atoms with E-state index in [0.29, 0.717) is 23.1 Å². The maximum atomic E-state index is 15.3. The number of anilines is 2. The fourth-order valence-corrected chi connectivity index (χ4v) is 5.74. The molecule has 2 atom stereocenters. The molecule has 1 fully saturated rings. The molecule has 0 saturated heterocycles. The fraction of sp³-hybridized carbons (Fsp3) is 0.276. The van der Waals surface area contributed by atoms with Gasteiger partial charge in [-0.1, -0.05) is 17.7 Å². The number of hydrogen-bond acceptors (Lipinski definition) is 4. The van der Waals surface area contributed by atoms with Gasteiger partial charge in [-0.05, 0) is 48.0 Å². The highest BCUT2D eigenvalue weighted by Gasteiger charge is 2.67. The average molecular weight is 736 g/mol. The Morgan fingerprint density at radius 1 is 0.936 bits per heavy atom. The van der Waals surface area contributed by atoms with E-state index < -0.39 is 93.6 Å². The number of halogens is 12. The first-order valence-corrected chi connectivity index (χ1v) is 14.1. The number of alkyl halides is 8. The first kappa shape index (κ1) is 36.3. The van der Waals surface area contributed by atoms with E-state index in [1.54, 1.807) is 0 Å². The Hall–Kier alpha value is -3.53. The molecule has 3 aromatic carbocycles. The topological polar surface area (TPSA) is 75.7 Å². The van der Waals surface area contributed by atoms with Crippen LogP contribution in [-0.4, -0.2) is 41.9 Å². The lowest BCUT2D eigenvalue weighted by Gasteiger charge is -2.21. The molecule has 1 aliphatic carbocycles. The Labute approximate surface area is 274 Å². The Morgan fingerprint density at radius 2 is 1.57 bits per heavy atom. The van der Waals surface area contributed by atoms with Crippen LogP contribution in [0.4, 0.5) is 50.9 Å². The van der Waals surface area contributed by atoms with Gasteiger partial charge in [0, 0.05) is 30.6 Å². The molecule has 0 spiro atoms. The van der Waals surface area contributed by atoms with Crippen molar-refractivity contribution in [2.75, 3.05) is 23.9 Å². The van der Waals surface area contributed by atoms with Gasteiger partial charge >= 0.3 is 12.5 Å². The molecular formula is C29H18Cl3F9N2O4. The minimum Gasteiger partial charge on any atom is -0.326 e. The van der Waals surface area contributed by atoms with Gasteiger partial charge in [-0.3, -0.25) is 19.1 Å². The molecule has 6 nitrogen and oxygen atoms in total. The Kier molecular flexibility index (Phi) is 10.2. The van der Waals surface area contributed by atoms with Gasteiger partial charge in [0.15, 0.2) is 11.6 Å². The summed E-state index contributed by atoms with van der Waals surface area (Å²) in [4.78, 5) is 38.9. The van der Waals surface area contributed by atoms with E-state index in [2.05, 4.69) is 10.1 Å². The minimum atomic E-state index is -5.16. The van der Waals surface area contributed by atoms with Gasteiger partial charge in [-0.15, -0.1) is 36.4 Å². The quantitative estimate of drug-likeness (QED) is 0.178. The lowest BCUT2D eigenvalue weighted by molar-refractivity contribution is -0.320. The summed E-state index contributed by atoms with van der Waals surface area (Å²) in [7, 11) is 1.04. The van der Waals surface area contributed by atoms with Crippen LogP contribution in [0.1, 0.15) is 33.0 Å². The molecular weight excluding hydrogens is 718 g/mol. The van der Waals surface area contributed by atoms with Gasteiger partial charge in [0.05, 0.1) is 27.8 Å². The standard InChI is InChI=1S/C29H18Cl3F9N2O4/c1-43(21-7-6-19(33)16(24(21)35)10-14(44)11-47-29(39,40)41)26(46)15-9-13(3-4-18(15)30)42-25(45)23-22(27(23,31)32)12-2-5-20(34)17(8-12)28(36,37)38/h2-9,22-23H,10-11H2,1H3,(H,42,45)/t22-,23+/m0/s1. The first-order valence-electron chi connectivity index (χ1n) is 13.0. The molecule has 4 rings (SSSR count). The van der Waals surface area contributed by atoms with Crippen LogP contribution < -0.4 is 10.2 Å². The van der Waals surface area contributed by atoms with Crippen molar-refractivity contribution in [2.24, 2.45) is 5.92 Å². The number of nitrogens with zero attached hydrogens (tertiary/aromatic N) is 1. The van der Waals surface area contributed by atoms with Crippen LogP contribution in [0.5, 0.6) is 0 Å². The number of rotatable bonds is 9. The van der Waals surface area contributed by atoms with Crippen molar-refractivity contribution in [1.29, 1.82) is 0 Å². The molecule has 18 heteroatoms. The zero-order valence-electron chi connectivity index (χ0n) is 23.3. The van der Waals surface area contributed by atoms with Crippen LogP contribution in [0, 0.1) is 23.4 Å². The van der Waals surface area contributed by atoms with Crippen LogP contribution in [0.3, 0.4) is 0 Å². The third-order valence-electron chi connectivity index (χ3n) is 7.06. The molecule has 252 valence electrons. The lowest BCUT2D eigenvalue weighted by Crippen LogP contribution is -2.28. The molecule has 0 unspecified atom stereocenters. The molecule has 47 heavy (non-hydrogen) atoms. The zero-order valence-corrected chi connectivity index (χ0v) is 25.6. The molecule has 1 N–H and O–H groups in total. The summed E-state index contributed by atoms with van der Waals surface area (Å²) >= 11 is 18.6. The van der Waals surface area contributed by atoms with Crippen LogP contribution in [0.15, 0.2) is 48.5 Å². The number of benzene rings is 3. The highest BCUT2D eigenvalue weighted by Crippen LogP contribution is 2.65. The van der Waals surface area contributed by atoms with E-state index >= 15 is 4.39 Å². The summed E-state index contributed by atoms with van der Waals surface area (Å²) in [5.74, 6) is -9.96. The molecule has 0 aliphatic heterocycles. The summed E-state index contributed by atoms with van der Waals surface area (Å²) in [6.45, 7) is -1.51. The second-order valence-corrected chi connectivity index (χ2v) is 12.1. The largest absolute Gasteiger partial charge is 0.522 e. The van der Waals surface area contributed by atoms with Crippen molar-refractivity contribution >= 4 is 63.8 Å². The number of hydrogen-bond donors (Lipinski definition) is 1. The average Bonchev–Trinajstić information content (AvgIpc) is 3.55. The van der Waals surface area contributed by atoms with Crippen molar-refractivity contribution in [2.45, 2.75) is 29.2 Å². The molecule has 0 bridgehead atoms. The summed E-state index contributed by atoms with van der Waals surface area (Å²) in [5, 5.41) is 2.20. The molecule has 0 aromatic heterocycles. The van der Waals surface area contributed by atoms with Gasteiger partial charge in [0.1, 0.15) is 22.6 Å².